The van der Waals surface area contributed by atoms with E-state index < -0.39 is 0 Å². The number of benzene rings is 1. The molecule has 2 saturated heterocycles. The summed E-state index contributed by atoms with van der Waals surface area (Å²) >= 11 is 0. The minimum atomic E-state index is 0. The highest BCUT2D eigenvalue weighted by Crippen LogP contribution is 2.21. The van der Waals surface area contributed by atoms with Crippen LogP contribution in [-0.2, 0) is 16.1 Å². The molecule has 0 radical (unpaired) electrons. The second-order valence-electron chi connectivity index (χ2n) is 6.75. The van der Waals surface area contributed by atoms with Gasteiger partial charge in [0.15, 0.2) is 0 Å². The quantitative estimate of drug-likeness (QED) is 0.838. The Labute approximate surface area is 156 Å². The molecule has 6 heteroatoms. The summed E-state index contributed by atoms with van der Waals surface area (Å²) in [5.74, 6) is 1.17. The van der Waals surface area contributed by atoms with Gasteiger partial charge < -0.3 is 19.7 Å². The van der Waals surface area contributed by atoms with Crippen molar-refractivity contribution >= 4 is 18.3 Å². The number of ether oxygens (including phenoxy) is 2. The lowest BCUT2D eigenvalue weighted by Crippen LogP contribution is -2.45. The fourth-order valence-electron chi connectivity index (χ4n) is 3.58. The summed E-state index contributed by atoms with van der Waals surface area (Å²) in [5, 5.41) is 3.35. The van der Waals surface area contributed by atoms with Gasteiger partial charge in [0.05, 0.1) is 19.1 Å². The average molecular weight is 369 g/mol. The van der Waals surface area contributed by atoms with E-state index in [0.29, 0.717) is 13.1 Å². The van der Waals surface area contributed by atoms with Crippen LogP contribution in [0.25, 0.3) is 0 Å². The van der Waals surface area contributed by atoms with E-state index in [1.54, 1.807) is 7.11 Å². The van der Waals surface area contributed by atoms with Crippen molar-refractivity contribution in [3.05, 3.63) is 29.8 Å². The molecule has 0 aromatic heterocycles. The summed E-state index contributed by atoms with van der Waals surface area (Å²) in [6, 6.07) is 7.97. The number of halogens is 1. The van der Waals surface area contributed by atoms with Crippen molar-refractivity contribution < 1.29 is 14.3 Å². The zero-order chi connectivity index (χ0) is 16.8. The number of amides is 1. The summed E-state index contributed by atoms with van der Waals surface area (Å²) < 4.78 is 11.1. The highest BCUT2D eigenvalue weighted by molar-refractivity contribution is 5.85. The maximum Gasteiger partial charge on any atom is 0.227 e. The Morgan fingerprint density at radius 3 is 2.92 bits per heavy atom. The van der Waals surface area contributed by atoms with Crippen molar-refractivity contribution in [1.82, 2.24) is 10.2 Å². The minimum absolute atomic E-state index is 0. The van der Waals surface area contributed by atoms with E-state index in [1.165, 1.54) is 0 Å². The van der Waals surface area contributed by atoms with Gasteiger partial charge in [0.25, 0.3) is 0 Å². The molecule has 3 rings (SSSR count). The zero-order valence-corrected chi connectivity index (χ0v) is 15.7. The largest absolute Gasteiger partial charge is 0.497 e. The normalized spacial score (nSPS) is 22.9. The lowest BCUT2D eigenvalue weighted by Gasteiger charge is -2.31. The third-order valence-corrected chi connectivity index (χ3v) is 4.91. The van der Waals surface area contributed by atoms with Gasteiger partial charge in [-0.3, -0.25) is 4.79 Å². The Bertz CT molecular complexity index is 543. The predicted octanol–water partition coefficient (Wildman–Crippen LogP) is 2.62. The van der Waals surface area contributed by atoms with E-state index >= 15 is 0 Å². The van der Waals surface area contributed by atoms with Crippen molar-refractivity contribution in [1.29, 1.82) is 0 Å². The molecular formula is C19H29ClN2O3. The monoisotopic (exact) mass is 368 g/mol. The van der Waals surface area contributed by atoms with Crippen LogP contribution in [0, 0.1) is 5.92 Å². The summed E-state index contributed by atoms with van der Waals surface area (Å²) in [4.78, 5) is 15.0. The van der Waals surface area contributed by atoms with Gasteiger partial charge in [-0.1, -0.05) is 12.1 Å². The molecule has 1 aromatic carbocycles. The summed E-state index contributed by atoms with van der Waals surface area (Å²) in [6.45, 7) is 3.93. The van der Waals surface area contributed by atoms with Crippen molar-refractivity contribution in [2.45, 2.75) is 38.3 Å². The number of nitrogens with zero attached hydrogens (tertiary/aromatic N) is 1. The van der Waals surface area contributed by atoms with Crippen LogP contribution in [0.3, 0.4) is 0 Å². The molecule has 2 aliphatic rings. The Morgan fingerprint density at radius 2 is 2.24 bits per heavy atom. The third-order valence-electron chi connectivity index (χ3n) is 4.91. The standard InChI is InChI=1S/C19H28N2O3.ClH/c1-23-17-7-2-5-15(11-17)13-21(14-18-8-4-10-24-18)19(22)16-6-3-9-20-12-16;/h2,5,7,11,16,18,20H,3-4,6,8-10,12-14H2,1H3;1H. The smallest absolute Gasteiger partial charge is 0.227 e. The topological polar surface area (TPSA) is 50.8 Å². The number of hydrogen-bond donors (Lipinski definition) is 1. The Hall–Kier alpha value is -1.30. The Morgan fingerprint density at radius 1 is 1.36 bits per heavy atom. The number of hydrogen-bond acceptors (Lipinski definition) is 4. The maximum absolute atomic E-state index is 13.0. The Balaban J connectivity index is 0.00000225. The molecule has 5 nitrogen and oxygen atoms in total. The lowest BCUT2D eigenvalue weighted by molar-refractivity contribution is -0.138. The van der Waals surface area contributed by atoms with Gasteiger partial charge >= 0.3 is 0 Å². The molecule has 0 spiro atoms. The SMILES string of the molecule is COc1cccc(CN(CC2CCCO2)C(=O)C2CCCNC2)c1.Cl. The summed E-state index contributed by atoms with van der Waals surface area (Å²) in [6.07, 6.45) is 4.37. The molecule has 2 aliphatic heterocycles. The molecule has 0 bridgehead atoms. The molecule has 2 unspecified atom stereocenters. The molecule has 2 fully saturated rings. The van der Waals surface area contributed by atoms with Crippen molar-refractivity contribution in [2.24, 2.45) is 5.92 Å². The first-order valence-electron chi connectivity index (χ1n) is 9.00. The number of piperidine rings is 1. The highest BCUT2D eigenvalue weighted by Gasteiger charge is 2.29. The Kier molecular flexibility index (Phi) is 8.00. The predicted molar refractivity (Wildman–Crippen MR) is 100 cm³/mol. The van der Waals surface area contributed by atoms with E-state index in [-0.39, 0.29) is 30.3 Å². The molecular weight excluding hydrogens is 340 g/mol. The third kappa shape index (κ3) is 5.59. The molecule has 2 atom stereocenters. The van der Waals surface area contributed by atoms with E-state index in [9.17, 15) is 4.79 Å². The fourth-order valence-corrected chi connectivity index (χ4v) is 3.58. The number of carbonyl (C=O) groups excluding carboxylic acids is 1. The van der Waals surface area contributed by atoms with Gasteiger partial charge in [-0.05, 0) is 49.9 Å². The summed E-state index contributed by atoms with van der Waals surface area (Å²) in [7, 11) is 1.67. The van der Waals surface area contributed by atoms with E-state index in [2.05, 4.69) is 11.4 Å². The van der Waals surface area contributed by atoms with Crippen molar-refractivity contribution in [3.63, 3.8) is 0 Å². The van der Waals surface area contributed by atoms with Gasteiger partial charge in [-0.2, -0.15) is 0 Å². The molecule has 25 heavy (non-hydrogen) atoms. The lowest BCUT2D eigenvalue weighted by atomic mass is 9.97. The van der Waals surface area contributed by atoms with E-state index in [0.717, 1.165) is 56.7 Å². The van der Waals surface area contributed by atoms with E-state index in [4.69, 9.17) is 9.47 Å². The van der Waals surface area contributed by atoms with Crippen LogP contribution in [0.4, 0.5) is 0 Å². The fraction of sp³-hybridized carbons (Fsp3) is 0.632. The second-order valence-corrected chi connectivity index (χ2v) is 6.75. The number of nitrogens with one attached hydrogen (secondary N) is 1. The second kappa shape index (κ2) is 10.00. The van der Waals surface area contributed by atoms with Crippen molar-refractivity contribution in [3.8, 4) is 5.75 Å². The minimum Gasteiger partial charge on any atom is -0.497 e. The van der Waals surface area contributed by atoms with Crippen LogP contribution in [0.2, 0.25) is 0 Å². The molecule has 0 saturated carbocycles. The van der Waals surface area contributed by atoms with Crippen LogP contribution < -0.4 is 10.1 Å². The first kappa shape index (κ1) is 20.0. The van der Waals surface area contributed by atoms with Crippen LogP contribution in [0.1, 0.15) is 31.2 Å². The van der Waals surface area contributed by atoms with Crippen LogP contribution >= 0.6 is 12.4 Å². The molecule has 1 aromatic rings. The zero-order valence-electron chi connectivity index (χ0n) is 14.9. The number of carbonyl (C=O) groups is 1. The maximum atomic E-state index is 13.0. The number of methoxy groups -OCH3 is 1. The van der Waals surface area contributed by atoms with E-state index in [1.807, 2.05) is 23.1 Å². The average Bonchev–Trinajstić information content (AvgIpc) is 3.14. The molecule has 2 heterocycles. The first-order chi connectivity index (χ1) is 11.8. The van der Waals surface area contributed by atoms with Gasteiger partial charge in [-0.25, -0.2) is 0 Å². The molecule has 0 aliphatic carbocycles. The van der Waals surface area contributed by atoms with Crippen LogP contribution in [0.15, 0.2) is 24.3 Å². The van der Waals surface area contributed by atoms with Gasteiger partial charge in [-0.15, -0.1) is 12.4 Å². The van der Waals surface area contributed by atoms with Crippen molar-refractivity contribution in [2.75, 3.05) is 33.4 Å². The van der Waals surface area contributed by atoms with Gasteiger partial charge in [0.1, 0.15) is 5.75 Å². The molecule has 140 valence electrons. The van der Waals surface area contributed by atoms with Crippen LogP contribution in [0.5, 0.6) is 5.75 Å². The van der Waals surface area contributed by atoms with Gasteiger partial charge in [0, 0.05) is 26.2 Å². The van der Waals surface area contributed by atoms with Gasteiger partial charge in [0.2, 0.25) is 5.91 Å². The number of rotatable bonds is 6. The molecule has 1 amide bonds. The molecule has 1 N–H and O–H groups in total. The first-order valence-corrected chi connectivity index (χ1v) is 9.00. The summed E-state index contributed by atoms with van der Waals surface area (Å²) in [5.41, 5.74) is 1.10. The highest BCUT2D eigenvalue weighted by atomic mass is 35.5. The van der Waals surface area contributed by atoms with Crippen LogP contribution in [-0.4, -0.2) is 50.3 Å².